The van der Waals surface area contributed by atoms with Crippen molar-refractivity contribution in [2.45, 2.75) is 18.6 Å². The molecule has 0 saturated carbocycles. The van der Waals surface area contributed by atoms with E-state index in [1.165, 1.54) is 48.1 Å². The van der Waals surface area contributed by atoms with E-state index in [9.17, 15) is 18.0 Å². The van der Waals surface area contributed by atoms with E-state index in [-0.39, 0.29) is 29.5 Å². The molecule has 1 atom stereocenters. The normalized spacial score (nSPS) is 16.0. The van der Waals surface area contributed by atoms with Gasteiger partial charge in [0.1, 0.15) is 11.7 Å². The summed E-state index contributed by atoms with van der Waals surface area (Å²) in [6.07, 6.45) is 3.10. The minimum absolute atomic E-state index is 0.0121. The van der Waals surface area contributed by atoms with Gasteiger partial charge in [-0.1, -0.05) is 0 Å². The summed E-state index contributed by atoms with van der Waals surface area (Å²) in [5.41, 5.74) is 0.793. The molecule has 11 nitrogen and oxygen atoms in total. The van der Waals surface area contributed by atoms with Gasteiger partial charge in [0.25, 0.3) is 5.89 Å². The molecule has 35 heavy (non-hydrogen) atoms. The molecule has 176 valence electrons. The number of aromatic amines is 1. The number of nitrogens with one attached hydrogen (secondary N) is 1. The number of alkyl halides is 3. The van der Waals surface area contributed by atoms with Crippen LogP contribution in [0.1, 0.15) is 39.4 Å². The molecule has 5 aromatic heterocycles. The highest BCUT2D eigenvalue weighted by atomic mass is 19.4. The van der Waals surface area contributed by atoms with Crippen LogP contribution in [-0.2, 0) is 12.6 Å². The van der Waals surface area contributed by atoms with Gasteiger partial charge in [0.2, 0.25) is 0 Å². The smallest absolute Gasteiger partial charge is 0.411 e. The third kappa shape index (κ3) is 3.50. The van der Waals surface area contributed by atoms with Crippen molar-refractivity contribution in [3.05, 3.63) is 77.8 Å². The number of fused-ring (bicyclic) bond motifs is 2. The zero-order chi connectivity index (χ0) is 24.2. The molecule has 0 aromatic carbocycles. The predicted molar refractivity (Wildman–Crippen MR) is 111 cm³/mol. The molecule has 0 spiro atoms. The maximum atomic E-state index is 13.6. The molecule has 0 bridgehead atoms. The van der Waals surface area contributed by atoms with Gasteiger partial charge >= 0.3 is 18.0 Å². The van der Waals surface area contributed by atoms with Crippen molar-refractivity contribution < 1.29 is 22.4 Å². The average Bonchev–Trinajstić information content (AvgIpc) is 3.61. The first kappa shape index (κ1) is 20.9. The van der Waals surface area contributed by atoms with Crippen LogP contribution in [0.2, 0.25) is 0 Å². The molecule has 0 fully saturated rings. The number of hydrogen-bond donors (Lipinski definition) is 1. The van der Waals surface area contributed by atoms with Crippen LogP contribution in [0.4, 0.5) is 13.2 Å². The van der Waals surface area contributed by atoms with E-state index >= 15 is 0 Å². The van der Waals surface area contributed by atoms with E-state index in [0.29, 0.717) is 17.8 Å². The molecular weight excluding hydrogens is 467 g/mol. The van der Waals surface area contributed by atoms with Crippen molar-refractivity contribution in [2.24, 2.45) is 0 Å². The first-order valence-electron chi connectivity index (χ1n) is 10.4. The van der Waals surface area contributed by atoms with Crippen LogP contribution in [0.5, 0.6) is 0 Å². The molecule has 1 aliphatic rings. The fraction of sp³-hybridized carbons (Fsp3) is 0.190. The number of nitrogens with zero attached hydrogens (tertiary/aromatic N) is 8. The Balaban J connectivity index is 1.42. The van der Waals surface area contributed by atoms with Gasteiger partial charge < -0.3 is 14.3 Å². The topological polar surface area (TPSA) is 131 Å². The number of H-pyrrole nitrogens is 1. The van der Waals surface area contributed by atoms with Crippen molar-refractivity contribution in [2.75, 3.05) is 6.54 Å². The molecule has 14 heteroatoms. The van der Waals surface area contributed by atoms with Gasteiger partial charge in [-0.15, -0.1) is 10.2 Å². The number of imidazole rings is 1. The lowest BCUT2D eigenvalue weighted by Gasteiger charge is -2.32. The van der Waals surface area contributed by atoms with Gasteiger partial charge in [-0.2, -0.15) is 18.3 Å². The highest BCUT2D eigenvalue weighted by Gasteiger charge is 2.39. The third-order valence-corrected chi connectivity index (χ3v) is 5.68. The molecule has 1 aliphatic heterocycles. The highest BCUT2D eigenvalue weighted by molar-refractivity contribution is 5.90. The third-order valence-electron chi connectivity index (χ3n) is 5.68. The predicted octanol–water partition coefficient (Wildman–Crippen LogP) is 2.70. The summed E-state index contributed by atoms with van der Waals surface area (Å²) in [7, 11) is 0. The number of rotatable bonds is 3. The molecule has 0 radical (unpaired) electrons. The number of halogens is 3. The van der Waals surface area contributed by atoms with Crippen molar-refractivity contribution in [3.63, 3.8) is 0 Å². The minimum Gasteiger partial charge on any atom is -0.411 e. The Kier molecular flexibility index (Phi) is 4.62. The van der Waals surface area contributed by atoms with E-state index in [0.717, 1.165) is 16.3 Å². The molecule has 6 heterocycles. The fourth-order valence-electron chi connectivity index (χ4n) is 4.15. The monoisotopic (exact) mass is 481 g/mol. The van der Waals surface area contributed by atoms with E-state index in [1.807, 2.05) is 0 Å². The molecule has 1 N–H and O–H groups in total. The Morgan fingerprint density at radius 2 is 2.09 bits per heavy atom. The Hall–Kier alpha value is -4.62. The second kappa shape index (κ2) is 7.72. The van der Waals surface area contributed by atoms with Gasteiger partial charge in [-0.05, 0) is 18.2 Å². The van der Waals surface area contributed by atoms with Crippen LogP contribution in [0, 0.1) is 0 Å². The number of carbonyl (C=O) groups excluding carboxylic acids is 1. The summed E-state index contributed by atoms with van der Waals surface area (Å²) in [5, 5.41) is 12.1. The molecule has 0 saturated heterocycles. The van der Waals surface area contributed by atoms with E-state index in [2.05, 4.69) is 35.2 Å². The fourth-order valence-corrected chi connectivity index (χ4v) is 4.15. The lowest BCUT2D eigenvalue weighted by molar-refractivity contribution is -0.136. The molecule has 1 amide bonds. The Morgan fingerprint density at radius 1 is 1.20 bits per heavy atom. The van der Waals surface area contributed by atoms with Gasteiger partial charge in [0.05, 0.1) is 35.0 Å². The van der Waals surface area contributed by atoms with Crippen LogP contribution < -0.4 is 0 Å². The van der Waals surface area contributed by atoms with Crippen LogP contribution >= 0.6 is 0 Å². The van der Waals surface area contributed by atoms with E-state index in [4.69, 9.17) is 4.42 Å². The van der Waals surface area contributed by atoms with Crippen molar-refractivity contribution in [1.82, 2.24) is 44.6 Å². The van der Waals surface area contributed by atoms with Crippen molar-refractivity contribution in [1.29, 1.82) is 0 Å². The van der Waals surface area contributed by atoms with E-state index in [1.54, 1.807) is 0 Å². The summed E-state index contributed by atoms with van der Waals surface area (Å²) >= 11 is 0. The number of amides is 1. The van der Waals surface area contributed by atoms with Crippen molar-refractivity contribution >= 4 is 11.4 Å². The molecule has 0 unspecified atom stereocenters. The quantitative estimate of drug-likeness (QED) is 0.416. The lowest BCUT2D eigenvalue weighted by Crippen LogP contribution is -2.41. The second-order valence-electron chi connectivity index (χ2n) is 7.74. The molecule has 0 aliphatic carbocycles. The highest BCUT2D eigenvalue weighted by Crippen LogP contribution is 2.37. The Morgan fingerprint density at radius 3 is 2.89 bits per heavy atom. The summed E-state index contributed by atoms with van der Waals surface area (Å²) in [6.45, 7) is 0.224. The number of pyridine rings is 1. The number of carbonyl (C=O) groups is 1. The summed E-state index contributed by atoms with van der Waals surface area (Å²) in [6, 6.07) is 2.70. The van der Waals surface area contributed by atoms with Gasteiger partial charge in [-0.25, -0.2) is 14.5 Å². The zero-order valence-corrected chi connectivity index (χ0v) is 17.6. The average molecular weight is 481 g/mol. The van der Waals surface area contributed by atoms with E-state index < -0.39 is 23.7 Å². The SMILES string of the molecule is O=C(c1nnc(-c2cnccn2)o1)N1CCc2[nH]cnc2[C@@H]1c1cc2c(C(F)(F)F)cccn2n1. The van der Waals surface area contributed by atoms with Crippen LogP contribution in [0.15, 0.2) is 53.7 Å². The Bertz CT molecular complexity index is 1540. The minimum atomic E-state index is -4.57. The Labute approximate surface area is 193 Å². The van der Waals surface area contributed by atoms with Gasteiger partial charge in [0, 0.05) is 37.3 Å². The van der Waals surface area contributed by atoms with Crippen LogP contribution in [0.3, 0.4) is 0 Å². The molecular formula is C21H14F3N9O2. The summed E-state index contributed by atoms with van der Waals surface area (Å²) in [4.78, 5) is 30.2. The van der Waals surface area contributed by atoms with Gasteiger partial charge in [0.15, 0.2) is 0 Å². The maximum absolute atomic E-state index is 13.6. The number of aromatic nitrogens is 8. The van der Waals surface area contributed by atoms with Gasteiger partial charge in [-0.3, -0.25) is 9.78 Å². The lowest BCUT2D eigenvalue weighted by atomic mass is 9.99. The van der Waals surface area contributed by atoms with Crippen molar-refractivity contribution in [3.8, 4) is 11.6 Å². The maximum Gasteiger partial charge on any atom is 0.418 e. The second-order valence-corrected chi connectivity index (χ2v) is 7.74. The summed E-state index contributed by atoms with van der Waals surface area (Å²) in [5.74, 6) is -0.896. The molecule has 5 aromatic rings. The first-order chi connectivity index (χ1) is 16.9. The molecule has 6 rings (SSSR count). The summed E-state index contributed by atoms with van der Waals surface area (Å²) < 4.78 is 47.4. The zero-order valence-electron chi connectivity index (χ0n) is 17.6. The largest absolute Gasteiger partial charge is 0.418 e. The van der Waals surface area contributed by atoms with Crippen LogP contribution in [-0.4, -0.2) is 57.1 Å². The number of hydrogen-bond acceptors (Lipinski definition) is 8. The standard InChI is InChI=1S/C21H14F3N9O2/c22-21(23,24)11-2-1-6-33-15(11)8-13(31-33)17-16-12(27-10-28-16)3-7-32(17)20(34)19-30-29-18(35-19)14-9-25-4-5-26-14/h1-2,4-6,8-10,17H,3,7H2,(H,27,28)/t17-/m0/s1. The first-order valence-corrected chi connectivity index (χ1v) is 10.4. The van der Waals surface area contributed by atoms with Crippen LogP contribution in [0.25, 0.3) is 17.1 Å².